The van der Waals surface area contributed by atoms with Crippen molar-refractivity contribution in [3.8, 4) is 0 Å². The minimum atomic E-state index is -0.448. The lowest BCUT2D eigenvalue weighted by atomic mass is 10.0. The lowest BCUT2D eigenvalue weighted by molar-refractivity contribution is -0.182. The van der Waals surface area contributed by atoms with Gasteiger partial charge in [0, 0.05) is 12.8 Å². The van der Waals surface area contributed by atoms with Gasteiger partial charge < -0.3 is 14.3 Å². The minimum absolute atomic E-state index is 0.0612. The summed E-state index contributed by atoms with van der Waals surface area (Å²) in [7, 11) is 0. The van der Waals surface area contributed by atoms with Gasteiger partial charge in [-0.3, -0.25) is 0 Å². The standard InChI is InChI=1S/C21H25NO4/c1-3-7-19(17-11-10-15-8-5-6-9-16(15)14-17)25-20-13-12-18(22-26-20)21(23)24-4-2/h5-6,8-11,14,19-20H,3-4,7,12-13H2,1-2H3/t19-,20+/m0/s1. The first-order valence-electron chi connectivity index (χ1n) is 9.25. The largest absolute Gasteiger partial charge is 0.461 e. The van der Waals surface area contributed by atoms with E-state index in [9.17, 15) is 4.79 Å². The zero-order valence-electron chi connectivity index (χ0n) is 15.3. The summed E-state index contributed by atoms with van der Waals surface area (Å²) >= 11 is 0. The van der Waals surface area contributed by atoms with Crippen LogP contribution in [0, 0.1) is 0 Å². The Morgan fingerprint density at radius 2 is 2.04 bits per heavy atom. The summed E-state index contributed by atoms with van der Waals surface area (Å²) in [5.41, 5.74) is 1.46. The van der Waals surface area contributed by atoms with Crippen molar-refractivity contribution in [2.24, 2.45) is 5.16 Å². The molecule has 0 fully saturated rings. The van der Waals surface area contributed by atoms with E-state index >= 15 is 0 Å². The molecule has 0 bridgehead atoms. The van der Waals surface area contributed by atoms with Gasteiger partial charge in [0.15, 0.2) is 5.71 Å². The molecule has 1 heterocycles. The van der Waals surface area contributed by atoms with Crippen LogP contribution in [0.4, 0.5) is 0 Å². The second-order valence-electron chi connectivity index (χ2n) is 6.35. The molecule has 0 aromatic heterocycles. The number of hydrogen-bond donors (Lipinski definition) is 0. The van der Waals surface area contributed by atoms with Crippen molar-refractivity contribution in [2.75, 3.05) is 6.61 Å². The van der Waals surface area contributed by atoms with E-state index in [1.807, 2.05) is 12.1 Å². The van der Waals surface area contributed by atoms with Crippen molar-refractivity contribution in [1.29, 1.82) is 0 Å². The van der Waals surface area contributed by atoms with Crippen LogP contribution in [0.1, 0.15) is 51.2 Å². The quantitative estimate of drug-likeness (QED) is 0.672. The number of rotatable bonds is 7. The summed E-state index contributed by atoms with van der Waals surface area (Å²) in [6, 6.07) is 14.7. The predicted molar refractivity (Wildman–Crippen MR) is 101 cm³/mol. The fourth-order valence-electron chi connectivity index (χ4n) is 3.09. The van der Waals surface area contributed by atoms with E-state index in [1.54, 1.807) is 6.92 Å². The van der Waals surface area contributed by atoms with Gasteiger partial charge in [0.1, 0.15) is 0 Å². The molecule has 0 saturated heterocycles. The number of hydrogen-bond acceptors (Lipinski definition) is 5. The van der Waals surface area contributed by atoms with Gasteiger partial charge in [-0.2, -0.15) is 0 Å². The third-order valence-corrected chi connectivity index (χ3v) is 4.42. The summed E-state index contributed by atoms with van der Waals surface area (Å²) < 4.78 is 11.1. The zero-order valence-corrected chi connectivity index (χ0v) is 15.3. The molecular formula is C21H25NO4. The molecule has 0 N–H and O–H groups in total. The molecule has 5 heteroatoms. The summed E-state index contributed by atoms with van der Waals surface area (Å²) in [6.45, 7) is 4.24. The van der Waals surface area contributed by atoms with Crippen molar-refractivity contribution >= 4 is 22.5 Å². The van der Waals surface area contributed by atoms with E-state index in [4.69, 9.17) is 14.3 Å². The SMILES string of the molecule is CCC[C@H](O[C@H]1CCC(C(=O)OCC)=NO1)c1ccc2ccccc2c1. The average molecular weight is 355 g/mol. The summed E-state index contributed by atoms with van der Waals surface area (Å²) in [5.74, 6) is -0.411. The minimum Gasteiger partial charge on any atom is -0.461 e. The normalized spacial score (nSPS) is 18.1. The van der Waals surface area contributed by atoms with Crippen LogP contribution in [0.25, 0.3) is 10.8 Å². The van der Waals surface area contributed by atoms with Crippen LogP contribution in [0.3, 0.4) is 0 Å². The fraction of sp³-hybridized carbons (Fsp3) is 0.429. The first-order valence-corrected chi connectivity index (χ1v) is 9.25. The molecule has 1 aliphatic heterocycles. The highest BCUT2D eigenvalue weighted by Gasteiger charge is 2.26. The monoisotopic (exact) mass is 355 g/mol. The van der Waals surface area contributed by atoms with Crippen LogP contribution in [0.2, 0.25) is 0 Å². The number of oxime groups is 1. The molecule has 2 atom stereocenters. The number of nitrogens with zero attached hydrogens (tertiary/aromatic N) is 1. The number of fused-ring (bicyclic) bond motifs is 1. The molecule has 0 aliphatic carbocycles. The molecule has 26 heavy (non-hydrogen) atoms. The third-order valence-electron chi connectivity index (χ3n) is 4.42. The van der Waals surface area contributed by atoms with E-state index in [1.165, 1.54) is 10.8 Å². The molecule has 5 nitrogen and oxygen atoms in total. The molecule has 0 unspecified atom stereocenters. The number of carbonyl (C=O) groups is 1. The Balaban J connectivity index is 1.69. The lowest BCUT2D eigenvalue weighted by Crippen LogP contribution is -2.28. The maximum absolute atomic E-state index is 11.7. The van der Waals surface area contributed by atoms with Crippen LogP contribution in [-0.2, 0) is 19.1 Å². The van der Waals surface area contributed by atoms with Crippen LogP contribution >= 0.6 is 0 Å². The van der Waals surface area contributed by atoms with Gasteiger partial charge in [-0.05, 0) is 35.7 Å². The van der Waals surface area contributed by atoms with Crippen molar-refractivity contribution in [2.45, 2.75) is 51.9 Å². The van der Waals surface area contributed by atoms with Gasteiger partial charge in [-0.25, -0.2) is 4.79 Å². The topological polar surface area (TPSA) is 57.1 Å². The van der Waals surface area contributed by atoms with Gasteiger partial charge in [0.25, 0.3) is 0 Å². The Morgan fingerprint density at radius 3 is 2.73 bits per heavy atom. The first kappa shape index (κ1) is 18.4. The van der Waals surface area contributed by atoms with E-state index in [0.717, 1.165) is 18.4 Å². The van der Waals surface area contributed by atoms with Crippen LogP contribution in [0.15, 0.2) is 47.6 Å². The fourth-order valence-corrected chi connectivity index (χ4v) is 3.09. The van der Waals surface area contributed by atoms with Gasteiger partial charge in [0.2, 0.25) is 6.29 Å². The third kappa shape index (κ3) is 4.41. The molecular weight excluding hydrogens is 330 g/mol. The predicted octanol–water partition coefficient (Wildman–Crippen LogP) is 4.75. The number of carbonyl (C=O) groups excluding carboxylic acids is 1. The lowest BCUT2D eigenvalue weighted by Gasteiger charge is -2.26. The highest BCUT2D eigenvalue weighted by atomic mass is 16.8. The van der Waals surface area contributed by atoms with E-state index in [2.05, 4.69) is 42.4 Å². The summed E-state index contributed by atoms with van der Waals surface area (Å²) in [5, 5.41) is 6.31. The first-order chi connectivity index (χ1) is 12.7. The molecule has 138 valence electrons. The van der Waals surface area contributed by atoms with Gasteiger partial charge in [-0.1, -0.05) is 54.9 Å². The van der Waals surface area contributed by atoms with Gasteiger partial charge >= 0.3 is 5.97 Å². The number of esters is 1. The average Bonchev–Trinajstić information content (AvgIpc) is 2.68. The van der Waals surface area contributed by atoms with E-state index in [-0.39, 0.29) is 6.10 Å². The molecule has 3 rings (SSSR count). The molecule has 0 amide bonds. The summed E-state index contributed by atoms with van der Waals surface area (Å²) in [4.78, 5) is 17.1. The highest BCUT2D eigenvalue weighted by Crippen LogP contribution is 2.29. The van der Waals surface area contributed by atoms with E-state index < -0.39 is 12.3 Å². The van der Waals surface area contributed by atoms with Crippen LogP contribution < -0.4 is 0 Å². The van der Waals surface area contributed by atoms with Crippen molar-refractivity contribution in [3.63, 3.8) is 0 Å². The molecule has 2 aromatic carbocycles. The Hall–Kier alpha value is -2.40. The number of benzene rings is 2. The Labute approximate surface area is 153 Å². The Kier molecular flexibility index (Phi) is 6.23. The Morgan fingerprint density at radius 1 is 1.23 bits per heavy atom. The van der Waals surface area contributed by atoms with Crippen molar-refractivity contribution in [3.05, 3.63) is 48.0 Å². The van der Waals surface area contributed by atoms with Crippen molar-refractivity contribution < 1.29 is 19.1 Å². The molecule has 1 aliphatic rings. The second kappa shape index (κ2) is 8.81. The zero-order chi connectivity index (χ0) is 18.4. The van der Waals surface area contributed by atoms with Crippen molar-refractivity contribution in [1.82, 2.24) is 0 Å². The van der Waals surface area contributed by atoms with Gasteiger partial charge in [-0.15, -0.1) is 0 Å². The number of ether oxygens (including phenoxy) is 2. The maximum atomic E-state index is 11.7. The van der Waals surface area contributed by atoms with Crippen LogP contribution in [0.5, 0.6) is 0 Å². The Bertz CT molecular complexity index is 786. The molecule has 0 spiro atoms. The van der Waals surface area contributed by atoms with Crippen LogP contribution in [-0.4, -0.2) is 24.6 Å². The second-order valence-corrected chi connectivity index (χ2v) is 6.35. The van der Waals surface area contributed by atoms with E-state index in [0.29, 0.717) is 25.2 Å². The molecule has 0 radical (unpaired) electrons. The summed E-state index contributed by atoms with van der Waals surface area (Å²) in [6.07, 6.45) is 2.48. The maximum Gasteiger partial charge on any atom is 0.356 e. The van der Waals surface area contributed by atoms with Gasteiger partial charge in [0.05, 0.1) is 12.7 Å². The molecule has 0 saturated carbocycles. The molecule has 2 aromatic rings. The highest BCUT2D eigenvalue weighted by molar-refractivity contribution is 6.36. The smallest absolute Gasteiger partial charge is 0.356 e.